The second kappa shape index (κ2) is 6.31. The molecule has 2 unspecified atom stereocenters. The molecule has 0 bridgehead atoms. The summed E-state index contributed by atoms with van der Waals surface area (Å²) in [5, 5.41) is 0. The Balaban J connectivity index is 0.00000168. The van der Waals surface area contributed by atoms with Gasteiger partial charge in [0.05, 0.1) is 0 Å². The zero-order valence-corrected chi connectivity index (χ0v) is 15.7. The number of nitrogen functional groups attached to an aromatic ring is 1. The number of anilines is 2. The van der Waals surface area contributed by atoms with Crippen molar-refractivity contribution in [2.24, 2.45) is 5.92 Å². The molecule has 3 nitrogen and oxygen atoms in total. The molecule has 0 radical (unpaired) electrons. The molecule has 1 heterocycles. The lowest BCUT2D eigenvalue weighted by Gasteiger charge is -2.32. The Kier molecular flexibility index (Phi) is 4.23. The van der Waals surface area contributed by atoms with Crippen molar-refractivity contribution in [3.05, 3.63) is 59.2 Å². The van der Waals surface area contributed by atoms with E-state index in [0.717, 1.165) is 55.6 Å². The maximum Gasteiger partial charge on any atom is 0.231 e. The summed E-state index contributed by atoms with van der Waals surface area (Å²) in [6.07, 6.45) is 6.50. The van der Waals surface area contributed by atoms with Crippen LogP contribution in [-0.4, -0.2) is 12.5 Å². The number of carbonyl (C=O) groups excluding carboxylic acids is 1. The van der Waals surface area contributed by atoms with Gasteiger partial charge in [-0.3, -0.25) is 4.79 Å². The van der Waals surface area contributed by atoms with Crippen LogP contribution in [0, 0.1) is 5.92 Å². The van der Waals surface area contributed by atoms with Crippen LogP contribution in [0.5, 0.6) is 0 Å². The number of halogens is 1. The van der Waals surface area contributed by atoms with Crippen LogP contribution < -0.4 is 10.6 Å². The van der Waals surface area contributed by atoms with E-state index in [1.807, 2.05) is 17.0 Å². The van der Waals surface area contributed by atoms with Gasteiger partial charge in [0.1, 0.15) is 0 Å². The summed E-state index contributed by atoms with van der Waals surface area (Å²) < 4.78 is 0. The lowest BCUT2D eigenvalue weighted by Crippen LogP contribution is -2.38. The summed E-state index contributed by atoms with van der Waals surface area (Å²) in [7, 11) is 0. The van der Waals surface area contributed by atoms with Crippen LogP contribution in [0.2, 0.25) is 0 Å². The molecule has 1 spiro atoms. The average Bonchev–Trinajstić information content (AvgIpc) is 3.36. The van der Waals surface area contributed by atoms with E-state index in [9.17, 15) is 4.79 Å². The minimum absolute atomic E-state index is 0. The first-order chi connectivity index (χ1) is 12.2. The number of benzene rings is 2. The van der Waals surface area contributed by atoms with E-state index in [0.29, 0.717) is 5.91 Å². The highest BCUT2D eigenvalue weighted by atomic mass is 35.5. The van der Waals surface area contributed by atoms with Crippen molar-refractivity contribution in [1.29, 1.82) is 0 Å². The van der Waals surface area contributed by atoms with Gasteiger partial charge in [0.25, 0.3) is 0 Å². The first-order valence-electron chi connectivity index (χ1n) is 9.48. The van der Waals surface area contributed by atoms with Crippen LogP contribution >= 0.6 is 12.4 Å². The molecule has 2 aliphatic carbocycles. The number of hydrogen-bond acceptors (Lipinski definition) is 2. The van der Waals surface area contributed by atoms with E-state index in [2.05, 4.69) is 30.3 Å². The van der Waals surface area contributed by atoms with Gasteiger partial charge >= 0.3 is 0 Å². The summed E-state index contributed by atoms with van der Waals surface area (Å²) in [5.74, 6) is 0.449. The van der Waals surface area contributed by atoms with Crippen molar-refractivity contribution in [3.63, 3.8) is 0 Å². The molecule has 1 aliphatic heterocycles. The molecule has 136 valence electrons. The number of nitrogens with two attached hydrogens (primary N) is 1. The van der Waals surface area contributed by atoms with E-state index in [-0.39, 0.29) is 23.7 Å². The van der Waals surface area contributed by atoms with Crippen LogP contribution in [0.1, 0.15) is 42.4 Å². The summed E-state index contributed by atoms with van der Waals surface area (Å²) in [5.41, 5.74) is 12.2. The van der Waals surface area contributed by atoms with Crippen molar-refractivity contribution < 1.29 is 4.79 Å². The molecule has 2 aromatic carbocycles. The van der Waals surface area contributed by atoms with Gasteiger partial charge in [-0.15, -0.1) is 12.4 Å². The van der Waals surface area contributed by atoms with Crippen LogP contribution in [0.15, 0.2) is 42.5 Å². The standard InChI is InChI=1S/C22H24N2O.ClH/c23-19-10-3-11-20-16(19)8-5-13-24(20)21(25)18-14-22(18)12-4-7-15-6-1-2-9-17(15)22;/h1-3,6,9-11,18H,4-5,7-8,12-14,23H2;1H. The van der Waals surface area contributed by atoms with E-state index >= 15 is 0 Å². The molecule has 4 heteroatoms. The van der Waals surface area contributed by atoms with Gasteiger partial charge in [0, 0.05) is 29.3 Å². The van der Waals surface area contributed by atoms with E-state index in [1.165, 1.54) is 17.5 Å². The van der Waals surface area contributed by atoms with Crippen molar-refractivity contribution in [1.82, 2.24) is 0 Å². The van der Waals surface area contributed by atoms with Crippen LogP contribution in [0.25, 0.3) is 0 Å². The van der Waals surface area contributed by atoms with E-state index < -0.39 is 0 Å². The molecule has 1 saturated carbocycles. The number of amides is 1. The Bertz CT molecular complexity index is 865. The zero-order chi connectivity index (χ0) is 17.0. The van der Waals surface area contributed by atoms with Crippen molar-refractivity contribution in [2.75, 3.05) is 17.2 Å². The molecule has 2 N–H and O–H groups in total. The van der Waals surface area contributed by atoms with Gasteiger partial charge in [-0.2, -0.15) is 0 Å². The Morgan fingerprint density at radius 3 is 2.81 bits per heavy atom. The van der Waals surface area contributed by atoms with Crippen molar-refractivity contribution in [3.8, 4) is 0 Å². The maximum absolute atomic E-state index is 13.4. The third kappa shape index (κ3) is 2.44. The Hall–Kier alpha value is -2.00. The molecule has 1 fully saturated rings. The average molecular weight is 369 g/mol. The van der Waals surface area contributed by atoms with Gasteiger partial charge < -0.3 is 10.6 Å². The molecule has 5 rings (SSSR count). The molecule has 2 atom stereocenters. The van der Waals surface area contributed by atoms with E-state index in [4.69, 9.17) is 5.73 Å². The summed E-state index contributed by atoms with van der Waals surface area (Å²) in [4.78, 5) is 15.4. The fourth-order valence-corrected chi connectivity index (χ4v) is 5.22. The Labute approximate surface area is 161 Å². The summed E-state index contributed by atoms with van der Waals surface area (Å²) >= 11 is 0. The minimum Gasteiger partial charge on any atom is -0.398 e. The molecule has 0 saturated heterocycles. The smallest absolute Gasteiger partial charge is 0.231 e. The number of rotatable bonds is 1. The van der Waals surface area contributed by atoms with Gasteiger partial charge in [-0.1, -0.05) is 30.3 Å². The highest BCUT2D eigenvalue weighted by molar-refractivity contribution is 6.00. The molecule has 0 aromatic heterocycles. The van der Waals surface area contributed by atoms with Gasteiger partial charge in [0.15, 0.2) is 0 Å². The SMILES string of the molecule is Cl.Nc1cccc2c1CCCN2C(=O)C1CC12CCCc1ccccc12. The predicted molar refractivity (Wildman–Crippen MR) is 108 cm³/mol. The number of aryl methyl sites for hydroxylation is 1. The van der Waals surface area contributed by atoms with Crippen molar-refractivity contribution in [2.45, 2.75) is 43.9 Å². The zero-order valence-electron chi connectivity index (χ0n) is 14.9. The largest absolute Gasteiger partial charge is 0.398 e. The quantitative estimate of drug-likeness (QED) is 0.764. The highest BCUT2D eigenvalue weighted by Crippen LogP contribution is 2.61. The monoisotopic (exact) mass is 368 g/mol. The number of nitrogens with zero attached hydrogens (tertiary/aromatic N) is 1. The van der Waals surface area contributed by atoms with Gasteiger partial charge in [-0.25, -0.2) is 0 Å². The van der Waals surface area contributed by atoms with Crippen LogP contribution in [0.3, 0.4) is 0 Å². The lowest BCUT2D eigenvalue weighted by molar-refractivity contribution is -0.120. The summed E-state index contributed by atoms with van der Waals surface area (Å²) in [6, 6.07) is 14.7. The Morgan fingerprint density at radius 2 is 1.92 bits per heavy atom. The minimum atomic E-state index is 0. The highest BCUT2D eigenvalue weighted by Gasteiger charge is 2.61. The fourth-order valence-electron chi connectivity index (χ4n) is 5.22. The second-order valence-electron chi connectivity index (χ2n) is 7.86. The van der Waals surface area contributed by atoms with E-state index in [1.54, 1.807) is 0 Å². The first-order valence-corrected chi connectivity index (χ1v) is 9.48. The molecule has 3 aliphatic rings. The second-order valence-corrected chi connectivity index (χ2v) is 7.86. The molecular formula is C22H25ClN2O. The molecule has 1 amide bonds. The van der Waals surface area contributed by atoms with Crippen molar-refractivity contribution >= 4 is 29.7 Å². The lowest BCUT2D eigenvalue weighted by atomic mass is 9.78. The van der Waals surface area contributed by atoms with Crippen LogP contribution in [0.4, 0.5) is 11.4 Å². The molecule has 26 heavy (non-hydrogen) atoms. The maximum atomic E-state index is 13.4. The number of hydrogen-bond donors (Lipinski definition) is 1. The Morgan fingerprint density at radius 1 is 1.08 bits per heavy atom. The van der Waals surface area contributed by atoms with Crippen LogP contribution in [-0.2, 0) is 23.1 Å². The number of fused-ring (bicyclic) bond motifs is 3. The summed E-state index contributed by atoms with van der Waals surface area (Å²) in [6.45, 7) is 0.823. The molecule has 2 aromatic rings. The van der Waals surface area contributed by atoms with Gasteiger partial charge in [0.2, 0.25) is 5.91 Å². The first kappa shape index (κ1) is 17.4. The third-order valence-electron chi connectivity index (χ3n) is 6.55. The third-order valence-corrected chi connectivity index (χ3v) is 6.55. The normalized spacial score (nSPS) is 25.8. The molecular weight excluding hydrogens is 344 g/mol. The predicted octanol–water partition coefficient (Wildman–Crippen LogP) is 4.26. The van der Waals surface area contributed by atoms with Gasteiger partial charge in [-0.05, 0) is 67.3 Å². The topological polar surface area (TPSA) is 46.3 Å². The number of carbonyl (C=O) groups is 1. The fraction of sp³-hybridized carbons (Fsp3) is 0.409.